The zero-order valence-corrected chi connectivity index (χ0v) is 19.3. The molecule has 0 saturated carbocycles. The first-order valence-electron chi connectivity index (χ1n) is 10.6. The molecular weight excluding hydrogens is 446 g/mol. The van der Waals surface area contributed by atoms with Gasteiger partial charge in [0.1, 0.15) is 11.5 Å². The molecule has 0 unspecified atom stereocenters. The van der Waals surface area contributed by atoms with Gasteiger partial charge in [0.2, 0.25) is 0 Å². The fourth-order valence-electron chi connectivity index (χ4n) is 4.36. The molecule has 2 fully saturated rings. The van der Waals surface area contributed by atoms with Gasteiger partial charge in [-0.15, -0.1) is 11.8 Å². The number of benzene rings is 2. The van der Waals surface area contributed by atoms with Crippen LogP contribution in [-0.2, 0) is 0 Å². The highest BCUT2D eigenvalue weighted by molar-refractivity contribution is 8.00. The van der Waals surface area contributed by atoms with Crippen LogP contribution in [0, 0.1) is 10.1 Å². The molecule has 33 heavy (non-hydrogen) atoms. The number of carbonyl (C=O) groups excluding carboxylic acids is 2. The van der Waals surface area contributed by atoms with Gasteiger partial charge in [0, 0.05) is 54.7 Å². The van der Waals surface area contributed by atoms with Crippen LogP contribution in [0.3, 0.4) is 0 Å². The first-order chi connectivity index (χ1) is 15.9. The molecule has 0 bridgehead atoms. The summed E-state index contributed by atoms with van der Waals surface area (Å²) >= 11 is 1.75. The zero-order chi connectivity index (χ0) is 23.6. The smallest absolute Gasteiger partial charge is 0.269 e. The maximum atomic E-state index is 13.2. The van der Waals surface area contributed by atoms with Crippen molar-refractivity contribution in [3.63, 3.8) is 0 Å². The molecule has 174 valence electrons. The molecule has 0 radical (unpaired) electrons. The number of nitrogens with zero attached hydrogens (tertiary/aromatic N) is 3. The fraction of sp³-hybridized carbons (Fsp3) is 0.391. The summed E-state index contributed by atoms with van der Waals surface area (Å²) in [5.41, 5.74) is 0.891. The Morgan fingerprint density at radius 3 is 2.09 bits per heavy atom. The lowest BCUT2D eigenvalue weighted by atomic mass is 10.00. The molecule has 2 aromatic rings. The van der Waals surface area contributed by atoms with Gasteiger partial charge >= 0.3 is 0 Å². The van der Waals surface area contributed by atoms with E-state index in [2.05, 4.69) is 0 Å². The Morgan fingerprint density at radius 1 is 0.939 bits per heavy atom. The number of carbonyl (C=O) groups is 2. The van der Waals surface area contributed by atoms with Gasteiger partial charge in [0.05, 0.1) is 24.0 Å². The van der Waals surface area contributed by atoms with Crippen LogP contribution < -0.4 is 9.47 Å². The highest BCUT2D eigenvalue weighted by Crippen LogP contribution is 2.44. The predicted molar refractivity (Wildman–Crippen MR) is 124 cm³/mol. The van der Waals surface area contributed by atoms with E-state index in [1.54, 1.807) is 49.1 Å². The number of methoxy groups -OCH3 is 2. The quantitative estimate of drug-likeness (QED) is 0.486. The molecule has 0 N–H and O–H groups in total. The Kier molecular flexibility index (Phi) is 6.46. The maximum Gasteiger partial charge on any atom is 0.269 e. The van der Waals surface area contributed by atoms with Crippen LogP contribution in [0.4, 0.5) is 5.69 Å². The summed E-state index contributed by atoms with van der Waals surface area (Å²) < 4.78 is 10.6. The number of rotatable bonds is 5. The minimum absolute atomic E-state index is 0.0435. The summed E-state index contributed by atoms with van der Waals surface area (Å²) in [6.07, 6.45) is 1.31. The normalized spacial score (nSPS) is 17.2. The van der Waals surface area contributed by atoms with Crippen molar-refractivity contribution in [2.75, 3.05) is 39.6 Å². The molecule has 2 aliphatic heterocycles. The first-order valence-corrected chi connectivity index (χ1v) is 11.6. The number of non-ortho nitro benzene ring substituents is 1. The van der Waals surface area contributed by atoms with Gasteiger partial charge in [-0.1, -0.05) is 0 Å². The standard InChI is InChI=1S/C23H25N3O6S/c1-31-19-13-17(14-20(15-19)32-2)21(27)24-9-7-23(8-10-24)25(11-12-33-23)22(28)16-3-5-18(6-4-16)26(29)30/h3-6,13-15H,7-12H2,1-2H3. The van der Waals surface area contributed by atoms with E-state index in [9.17, 15) is 19.7 Å². The van der Waals surface area contributed by atoms with Crippen LogP contribution in [-0.4, -0.2) is 71.0 Å². The lowest BCUT2D eigenvalue weighted by Gasteiger charge is -2.44. The predicted octanol–water partition coefficient (Wildman–Crippen LogP) is 3.43. The Bertz CT molecular complexity index is 1040. The van der Waals surface area contributed by atoms with E-state index in [0.29, 0.717) is 55.1 Å². The second-order valence-corrected chi connectivity index (χ2v) is 9.41. The molecule has 2 amide bonds. The van der Waals surface area contributed by atoms with Crippen molar-refractivity contribution in [2.24, 2.45) is 0 Å². The second kappa shape index (κ2) is 9.30. The van der Waals surface area contributed by atoms with Gasteiger partial charge in [0.25, 0.3) is 17.5 Å². The van der Waals surface area contributed by atoms with Crippen LogP contribution in [0.15, 0.2) is 42.5 Å². The van der Waals surface area contributed by atoms with E-state index in [1.165, 1.54) is 24.3 Å². The van der Waals surface area contributed by atoms with Crippen molar-refractivity contribution in [1.82, 2.24) is 9.80 Å². The van der Waals surface area contributed by atoms with Crippen molar-refractivity contribution < 1.29 is 24.0 Å². The van der Waals surface area contributed by atoms with Crippen LogP contribution in [0.1, 0.15) is 33.6 Å². The monoisotopic (exact) mass is 471 g/mol. The summed E-state index contributed by atoms with van der Waals surface area (Å²) in [5.74, 6) is 1.69. The van der Waals surface area contributed by atoms with E-state index >= 15 is 0 Å². The molecule has 10 heteroatoms. The van der Waals surface area contributed by atoms with Crippen molar-refractivity contribution in [3.05, 3.63) is 63.7 Å². The number of thioether (sulfide) groups is 1. The minimum atomic E-state index is -0.480. The molecule has 0 atom stereocenters. The van der Waals surface area contributed by atoms with Gasteiger partial charge < -0.3 is 19.3 Å². The van der Waals surface area contributed by atoms with Crippen molar-refractivity contribution in [1.29, 1.82) is 0 Å². The zero-order valence-electron chi connectivity index (χ0n) is 18.5. The van der Waals surface area contributed by atoms with E-state index in [0.717, 1.165) is 5.75 Å². The molecule has 2 aliphatic rings. The van der Waals surface area contributed by atoms with E-state index in [4.69, 9.17) is 9.47 Å². The lowest BCUT2D eigenvalue weighted by molar-refractivity contribution is -0.384. The molecule has 1 spiro atoms. The number of nitro benzene ring substituents is 1. The summed E-state index contributed by atoms with van der Waals surface area (Å²) in [5, 5.41) is 10.9. The molecular formula is C23H25N3O6S. The Labute approximate surface area is 195 Å². The number of nitro groups is 1. The summed E-state index contributed by atoms with van der Waals surface area (Å²) in [6, 6.07) is 10.8. The van der Waals surface area contributed by atoms with Crippen LogP contribution >= 0.6 is 11.8 Å². The third-order valence-electron chi connectivity index (χ3n) is 6.18. The van der Waals surface area contributed by atoms with Gasteiger partial charge in [-0.2, -0.15) is 0 Å². The van der Waals surface area contributed by atoms with Crippen molar-refractivity contribution in [3.8, 4) is 11.5 Å². The van der Waals surface area contributed by atoms with Gasteiger partial charge in [0.15, 0.2) is 0 Å². The minimum Gasteiger partial charge on any atom is -0.497 e. The summed E-state index contributed by atoms with van der Waals surface area (Å²) in [7, 11) is 3.09. The van der Waals surface area contributed by atoms with Crippen LogP contribution in [0.2, 0.25) is 0 Å². The number of hydrogen-bond acceptors (Lipinski definition) is 7. The third kappa shape index (κ3) is 4.47. The second-order valence-electron chi connectivity index (χ2n) is 7.95. The number of amides is 2. The Hall–Kier alpha value is -3.27. The van der Waals surface area contributed by atoms with Crippen molar-refractivity contribution in [2.45, 2.75) is 17.7 Å². The Morgan fingerprint density at radius 2 is 1.55 bits per heavy atom. The molecule has 2 heterocycles. The highest BCUT2D eigenvalue weighted by atomic mass is 32.2. The molecule has 9 nitrogen and oxygen atoms in total. The third-order valence-corrected chi connectivity index (χ3v) is 7.73. The molecule has 0 aliphatic carbocycles. The van der Waals surface area contributed by atoms with Gasteiger partial charge in [-0.25, -0.2) is 0 Å². The summed E-state index contributed by atoms with van der Waals surface area (Å²) in [4.78, 5) is 40.1. The molecule has 2 saturated heterocycles. The maximum absolute atomic E-state index is 13.2. The van der Waals surface area contributed by atoms with E-state index < -0.39 is 4.92 Å². The molecule has 2 aromatic carbocycles. The topological polar surface area (TPSA) is 102 Å². The number of hydrogen-bond donors (Lipinski definition) is 0. The SMILES string of the molecule is COc1cc(OC)cc(C(=O)N2CCC3(CC2)SCCN3C(=O)c2ccc([N+](=O)[O-])cc2)c1. The number of ether oxygens (including phenoxy) is 2. The molecule has 4 rings (SSSR count). The fourth-order valence-corrected chi connectivity index (χ4v) is 5.82. The lowest BCUT2D eigenvalue weighted by Crippen LogP contribution is -2.53. The average molecular weight is 472 g/mol. The number of piperidine rings is 1. The van der Waals surface area contributed by atoms with E-state index in [-0.39, 0.29) is 22.4 Å². The van der Waals surface area contributed by atoms with Crippen LogP contribution in [0.5, 0.6) is 11.5 Å². The number of likely N-dealkylation sites (tertiary alicyclic amines) is 1. The van der Waals surface area contributed by atoms with Crippen LogP contribution in [0.25, 0.3) is 0 Å². The summed E-state index contributed by atoms with van der Waals surface area (Å²) in [6.45, 7) is 1.66. The largest absolute Gasteiger partial charge is 0.497 e. The Balaban J connectivity index is 1.47. The molecule has 0 aromatic heterocycles. The van der Waals surface area contributed by atoms with Gasteiger partial charge in [-0.3, -0.25) is 19.7 Å². The first kappa shape index (κ1) is 22.9. The highest BCUT2D eigenvalue weighted by Gasteiger charge is 2.47. The van der Waals surface area contributed by atoms with Gasteiger partial charge in [-0.05, 0) is 37.1 Å². The van der Waals surface area contributed by atoms with E-state index in [1.807, 2.05) is 4.90 Å². The average Bonchev–Trinajstić information content (AvgIpc) is 3.25. The van der Waals surface area contributed by atoms with Crippen molar-refractivity contribution >= 4 is 29.3 Å².